The molecule has 17 heavy (non-hydrogen) atoms. The van der Waals surface area contributed by atoms with E-state index in [1.54, 1.807) is 11.8 Å². The third kappa shape index (κ3) is 3.45. The molecule has 1 aliphatic rings. The van der Waals surface area contributed by atoms with Gasteiger partial charge in [0.05, 0.1) is 5.25 Å². The van der Waals surface area contributed by atoms with Gasteiger partial charge in [-0.3, -0.25) is 14.5 Å². The Morgan fingerprint density at radius 2 is 2.12 bits per heavy atom. The minimum absolute atomic E-state index is 0.0152. The molecular formula is C12H22N2O2S. The number of thioether (sulfide) groups is 1. The summed E-state index contributed by atoms with van der Waals surface area (Å²) < 4.78 is 0. The van der Waals surface area contributed by atoms with Gasteiger partial charge in [0.15, 0.2) is 0 Å². The maximum absolute atomic E-state index is 12.1. The zero-order valence-corrected chi connectivity index (χ0v) is 11.6. The largest absolute Gasteiger partial charge is 0.330 e. The number of nitrogens with zero attached hydrogens (tertiary/aromatic N) is 1. The van der Waals surface area contributed by atoms with Crippen molar-refractivity contribution in [1.29, 1.82) is 0 Å². The minimum Gasteiger partial charge on any atom is -0.330 e. The molecule has 2 N–H and O–H groups in total. The Morgan fingerprint density at radius 3 is 2.65 bits per heavy atom. The Balaban J connectivity index is 2.55. The number of rotatable bonds is 6. The lowest BCUT2D eigenvalue weighted by molar-refractivity contribution is -0.140. The lowest BCUT2D eigenvalue weighted by Crippen LogP contribution is -2.38. The highest BCUT2D eigenvalue weighted by Gasteiger charge is 2.40. The van der Waals surface area contributed by atoms with E-state index in [4.69, 9.17) is 5.73 Å². The fourth-order valence-electron chi connectivity index (χ4n) is 1.75. The first-order chi connectivity index (χ1) is 8.01. The molecule has 0 aromatic carbocycles. The van der Waals surface area contributed by atoms with Crippen LogP contribution < -0.4 is 5.73 Å². The SMILES string of the molecule is CCC(C)N1C(=O)CC(SCC(C)CN)C1=O. The molecule has 2 amide bonds. The first-order valence-corrected chi connectivity index (χ1v) is 7.23. The van der Waals surface area contributed by atoms with Crippen LogP contribution in [0, 0.1) is 5.92 Å². The Morgan fingerprint density at radius 1 is 1.47 bits per heavy atom. The molecule has 5 heteroatoms. The van der Waals surface area contributed by atoms with Crippen molar-refractivity contribution in [3.05, 3.63) is 0 Å². The summed E-state index contributed by atoms with van der Waals surface area (Å²) in [6, 6.07) is 0.0209. The lowest BCUT2D eigenvalue weighted by Gasteiger charge is -2.21. The number of carbonyl (C=O) groups is 2. The molecular weight excluding hydrogens is 236 g/mol. The highest BCUT2D eigenvalue weighted by molar-refractivity contribution is 8.00. The van der Waals surface area contributed by atoms with E-state index < -0.39 is 0 Å². The molecule has 1 fully saturated rings. The molecule has 1 heterocycles. The van der Waals surface area contributed by atoms with Crippen LogP contribution in [0.1, 0.15) is 33.6 Å². The van der Waals surface area contributed by atoms with E-state index in [1.807, 2.05) is 13.8 Å². The maximum Gasteiger partial charge on any atom is 0.243 e. The third-order valence-electron chi connectivity index (χ3n) is 3.16. The third-order valence-corrected chi connectivity index (χ3v) is 4.69. The molecule has 3 atom stereocenters. The van der Waals surface area contributed by atoms with Crippen LogP contribution >= 0.6 is 11.8 Å². The standard InChI is InChI=1S/C12H22N2O2S/c1-4-9(3)14-11(15)5-10(12(14)16)17-7-8(2)6-13/h8-10H,4-7,13H2,1-3H3. The minimum atomic E-state index is -0.189. The first kappa shape index (κ1) is 14.5. The molecule has 3 unspecified atom stereocenters. The summed E-state index contributed by atoms with van der Waals surface area (Å²) in [4.78, 5) is 25.3. The molecule has 1 rings (SSSR count). The predicted octanol–water partition coefficient (Wildman–Crippen LogP) is 1.24. The Bertz CT molecular complexity index is 296. The summed E-state index contributed by atoms with van der Waals surface area (Å²) in [5, 5.41) is -0.189. The summed E-state index contributed by atoms with van der Waals surface area (Å²) in [6.45, 7) is 6.59. The highest BCUT2D eigenvalue weighted by atomic mass is 32.2. The Hall–Kier alpha value is -0.550. The second kappa shape index (κ2) is 6.40. The number of nitrogens with two attached hydrogens (primary N) is 1. The molecule has 4 nitrogen and oxygen atoms in total. The van der Waals surface area contributed by atoms with Gasteiger partial charge in [-0.25, -0.2) is 0 Å². The van der Waals surface area contributed by atoms with E-state index >= 15 is 0 Å². The number of hydrogen-bond donors (Lipinski definition) is 1. The summed E-state index contributed by atoms with van der Waals surface area (Å²) in [6.07, 6.45) is 1.17. The van der Waals surface area contributed by atoms with Gasteiger partial charge in [-0.15, -0.1) is 11.8 Å². The summed E-state index contributed by atoms with van der Waals surface area (Å²) in [5.41, 5.74) is 5.54. The summed E-state index contributed by atoms with van der Waals surface area (Å²) >= 11 is 1.57. The number of imide groups is 1. The number of likely N-dealkylation sites (tertiary alicyclic amines) is 1. The van der Waals surface area contributed by atoms with Crippen LogP contribution in [-0.4, -0.2) is 40.3 Å². The Kier molecular flexibility index (Phi) is 5.46. The van der Waals surface area contributed by atoms with E-state index in [2.05, 4.69) is 6.92 Å². The van der Waals surface area contributed by atoms with Crippen molar-refractivity contribution in [1.82, 2.24) is 4.90 Å². The first-order valence-electron chi connectivity index (χ1n) is 6.18. The quantitative estimate of drug-likeness (QED) is 0.728. The van der Waals surface area contributed by atoms with Gasteiger partial charge in [-0.05, 0) is 31.6 Å². The molecule has 0 aromatic rings. The second-order valence-corrected chi connectivity index (χ2v) is 5.96. The van der Waals surface area contributed by atoms with Crippen molar-refractivity contribution in [3.8, 4) is 0 Å². The molecule has 0 spiro atoms. The second-order valence-electron chi connectivity index (χ2n) is 4.73. The molecule has 98 valence electrons. The average molecular weight is 258 g/mol. The van der Waals surface area contributed by atoms with Crippen LogP contribution in [0.2, 0.25) is 0 Å². The van der Waals surface area contributed by atoms with E-state index in [0.29, 0.717) is 18.9 Å². The van der Waals surface area contributed by atoms with Gasteiger partial charge in [-0.2, -0.15) is 0 Å². The van der Waals surface area contributed by atoms with Gasteiger partial charge in [-0.1, -0.05) is 13.8 Å². The van der Waals surface area contributed by atoms with Gasteiger partial charge < -0.3 is 5.73 Å². The molecule has 0 radical (unpaired) electrons. The molecule has 1 aliphatic heterocycles. The van der Waals surface area contributed by atoms with Crippen molar-refractivity contribution in [2.24, 2.45) is 11.7 Å². The van der Waals surface area contributed by atoms with Crippen molar-refractivity contribution in [3.63, 3.8) is 0 Å². The smallest absolute Gasteiger partial charge is 0.243 e. The van der Waals surface area contributed by atoms with Crippen LogP contribution in [0.5, 0.6) is 0 Å². The van der Waals surface area contributed by atoms with E-state index in [9.17, 15) is 9.59 Å². The van der Waals surface area contributed by atoms with Crippen molar-refractivity contribution < 1.29 is 9.59 Å². The van der Waals surface area contributed by atoms with Gasteiger partial charge >= 0.3 is 0 Å². The van der Waals surface area contributed by atoms with Crippen molar-refractivity contribution >= 4 is 23.6 Å². The number of carbonyl (C=O) groups excluding carboxylic acids is 2. The monoisotopic (exact) mass is 258 g/mol. The predicted molar refractivity (Wildman–Crippen MR) is 70.7 cm³/mol. The van der Waals surface area contributed by atoms with Crippen LogP contribution in [0.15, 0.2) is 0 Å². The zero-order valence-electron chi connectivity index (χ0n) is 10.8. The molecule has 1 saturated heterocycles. The van der Waals surface area contributed by atoms with Gasteiger partial charge in [0.1, 0.15) is 0 Å². The lowest BCUT2D eigenvalue weighted by atomic mass is 10.2. The summed E-state index contributed by atoms with van der Waals surface area (Å²) in [5.74, 6) is 1.19. The van der Waals surface area contributed by atoms with Crippen molar-refractivity contribution in [2.45, 2.75) is 44.9 Å². The topological polar surface area (TPSA) is 63.4 Å². The average Bonchev–Trinajstić information content (AvgIpc) is 2.60. The van der Waals surface area contributed by atoms with Crippen molar-refractivity contribution in [2.75, 3.05) is 12.3 Å². The van der Waals surface area contributed by atoms with Gasteiger partial charge in [0.25, 0.3) is 0 Å². The highest BCUT2D eigenvalue weighted by Crippen LogP contribution is 2.28. The van der Waals surface area contributed by atoms with Crippen LogP contribution in [-0.2, 0) is 9.59 Å². The van der Waals surface area contributed by atoms with Crippen LogP contribution in [0.4, 0.5) is 0 Å². The molecule has 0 saturated carbocycles. The van der Waals surface area contributed by atoms with E-state index in [1.165, 1.54) is 4.90 Å². The zero-order chi connectivity index (χ0) is 13.0. The summed E-state index contributed by atoms with van der Waals surface area (Å²) in [7, 11) is 0. The fourth-order valence-corrected chi connectivity index (χ4v) is 2.96. The molecule has 0 aliphatic carbocycles. The molecule has 0 aromatic heterocycles. The van der Waals surface area contributed by atoms with Gasteiger partial charge in [0, 0.05) is 12.5 Å². The van der Waals surface area contributed by atoms with Gasteiger partial charge in [0.2, 0.25) is 11.8 Å². The maximum atomic E-state index is 12.1. The van der Waals surface area contributed by atoms with E-state index in [-0.39, 0.29) is 23.1 Å². The number of amides is 2. The molecule has 0 bridgehead atoms. The fraction of sp³-hybridized carbons (Fsp3) is 0.833. The normalized spacial score (nSPS) is 24.2. The Labute approximate surface area is 107 Å². The van der Waals surface area contributed by atoms with Crippen LogP contribution in [0.3, 0.4) is 0 Å². The number of hydrogen-bond acceptors (Lipinski definition) is 4. The van der Waals surface area contributed by atoms with Crippen LogP contribution in [0.25, 0.3) is 0 Å². The van der Waals surface area contributed by atoms with E-state index in [0.717, 1.165) is 12.2 Å².